The maximum Gasteiger partial charge on any atom is 0.269 e. The summed E-state index contributed by atoms with van der Waals surface area (Å²) in [6.07, 6.45) is 1.51. The quantitative estimate of drug-likeness (QED) is 0.910. The van der Waals surface area contributed by atoms with Crippen molar-refractivity contribution in [2.75, 3.05) is 11.4 Å². The van der Waals surface area contributed by atoms with Crippen LogP contribution in [-0.2, 0) is 18.4 Å². The van der Waals surface area contributed by atoms with Crippen molar-refractivity contribution in [3.63, 3.8) is 0 Å². The first kappa shape index (κ1) is 17.2. The molecular weight excluding hydrogens is 316 g/mol. The third-order valence-corrected chi connectivity index (χ3v) is 4.47. The molecule has 0 unspecified atom stereocenters. The van der Waals surface area contributed by atoms with Gasteiger partial charge < -0.3 is 10.2 Å². The SMILES string of the molecule is CC(C)c1cc(C(=O)NCc2cccc(N3CCCC3=O)c2)n(C)n1. The number of carbonyl (C=O) groups is 2. The molecule has 0 saturated carbocycles. The lowest BCUT2D eigenvalue weighted by molar-refractivity contribution is -0.117. The number of hydrogen-bond donors (Lipinski definition) is 1. The number of aromatic nitrogens is 2. The minimum absolute atomic E-state index is 0.149. The summed E-state index contributed by atoms with van der Waals surface area (Å²) in [4.78, 5) is 26.1. The van der Waals surface area contributed by atoms with E-state index in [1.165, 1.54) is 0 Å². The molecule has 3 rings (SSSR count). The summed E-state index contributed by atoms with van der Waals surface area (Å²) in [5.74, 6) is 0.296. The maximum atomic E-state index is 12.4. The molecule has 1 aliphatic heterocycles. The Kier molecular flexibility index (Phi) is 4.88. The molecule has 0 spiro atoms. The summed E-state index contributed by atoms with van der Waals surface area (Å²) in [6.45, 7) is 5.28. The molecule has 0 atom stereocenters. The summed E-state index contributed by atoms with van der Waals surface area (Å²) in [5.41, 5.74) is 3.32. The Morgan fingerprint density at radius 3 is 2.76 bits per heavy atom. The predicted molar refractivity (Wildman–Crippen MR) is 96.5 cm³/mol. The Labute approximate surface area is 147 Å². The second-order valence-electron chi connectivity index (χ2n) is 6.73. The third-order valence-electron chi connectivity index (χ3n) is 4.47. The summed E-state index contributed by atoms with van der Waals surface area (Å²) in [7, 11) is 1.78. The fourth-order valence-electron chi connectivity index (χ4n) is 3.01. The zero-order chi connectivity index (χ0) is 18.0. The number of nitrogens with one attached hydrogen (secondary N) is 1. The zero-order valence-electron chi connectivity index (χ0n) is 15.0. The van der Waals surface area contributed by atoms with Crippen LogP contribution in [0.1, 0.15) is 54.4 Å². The van der Waals surface area contributed by atoms with Gasteiger partial charge in [0.2, 0.25) is 5.91 Å². The highest BCUT2D eigenvalue weighted by Gasteiger charge is 2.21. The van der Waals surface area contributed by atoms with E-state index in [-0.39, 0.29) is 17.7 Å². The van der Waals surface area contributed by atoms with Gasteiger partial charge in [0, 0.05) is 32.2 Å². The second-order valence-corrected chi connectivity index (χ2v) is 6.73. The first-order valence-electron chi connectivity index (χ1n) is 8.67. The van der Waals surface area contributed by atoms with E-state index in [4.69, 9.17) is 0 Å². The van der Waals surface area contributed by atoms with Crippen LogP contribution in [0.3, 0.4) is 0 Å². The lowest BCUT2D eigenvalue weighted by Crippen LogP contribution is -2.26. The lowest BCUT2D eigenvalue weighted by Gasteiger charge is -2.16. The number of nitrogens with zero attached hydrogens (tertiary/aromatic N) is 3. The van der Waals surface area contributed by atoms with Crippen LogP contribution in [0.4, 0.5) is 5.69 Å². The van der Waals surface area contributed by atoms with Crippen LogP contribution >= 0.6 is 0 Å². The summed E-state index contributed by atoms with van der Waals surface area (Å²) >= 11 is 0. The minimum atomic E-state index is -0.149. The molecule has 1 N–H and O–H groups in total. The summed E-state index contributed by atoms with van der Waals surface area (Å²) in [6, 6.07) is 9.60. The van der Waals surface area contributed by atoms with E-state index in [1.54, 1.807) is 16.6 Å². The van der Waals surface area contributed by atoms with Gasteiger partial charge in [-0.3, -0.25) is 14.3 Å². The van der Waals surface area contributed by atoms with Crippen LogP contribution in [0.15, 0.2) is 30.3 Å². The smallest absolute Gasteiger partial charge is 0.269 e. The van der Waals surface area contributed by atoms with Crippen LogP contribution in [0.5, 0.6) is 0 Å². The highest BCUT2D eigenvalue weighted by atomic mass is 16.2. The molecular formula is C19H24N4O2. The van der Waals surface area contributed by atoms with E-state index in [9.17, 15) is 9.59 Å². The van der Waals surface area contributed by atoms with Crippen LogP contribution in [0.2, 0.25) is 0 Å². The van der Waals surface area contributed by atoms with Gasteiger partial charge in [-0.15, -0.1) is 0 Å². The molecule has 0 aliphatic carbocycles. The first-order chi connectivity index (χ1) is 12.0. The number of amides is 2. The van der Waals surface area contributed by atoms with E-state index in [1.807, 2.05) is 30.3 Å². The summed E-state index contributed by atoms with van der Waals surface area (Å²) < 4.78 is 1.62. The van der Waals surface area contributed by atoms with Gasteiger partial charge in [0.05, 0.1) is 5.69 Å². The highest BCUT2D eigenvalue weighted by molar-refractivity contribution is 5.95. The monoisotopic (exact) mass is 340 g/mol. The standard InChI is InChI=1S/C19H24N4O2/c1-13(2)16-11-17(22(3)21-16)19(25)20-12-14-6-4-7-15(10-14)23-9-5-8-18(23)24/h4,6-7,10-11,13H,5,8-9,12H2,1-3H3,(H,20,25). The van der Waals surface area contributed by atoms with Gasteiger partial charge in [-0.2, -0.15) is 5.10 Å². The summed E-state index contributed by atoms with van der Waals surface area (Å²) in [5, 5.41) is 7.31. The zero-order valence-corrected chi connectivity index (χ0v) is 15.0. The molecule has 1 aromatic carbocycles. The normalized spacial score (nSPS) is 14.4. The lowest BCUT2D eigenvalue weighted by atomic mass is 10.1. The van der Waals surface area contributed by atoms with Crippen LogP contribution in [0, 0.1) is 0 Å². The molecule has 1 aliphatic rings. The highest BCUT2D eigenvalue weighted by Crippen LogP contribution is 2.22. The maximum absolute atomic E-state index is 12.4. The van der Waals surface area contributed by atoms with Gasteiger partial charge in [-0.1, -0.05) is 26.0 Å². The topological polar surface area (TPSA) is 67.2 Å². The van der Waals surface area contributed by atoms with Gasteiger partial charge in [-0.25, -0.2) is 0 Å². The number of aryl methyl sites for hydroxylation is 1. The van der Waals surface area contributed by atoms with E-state index in [0.717, 1.165) is 29.9 Å². The molecule has 0 bridgehead atoms. The molecule has 6 nitrogen and oxygen atoms in total. The van der Waals surface area contributed by atoms with Crippen molar-refractivity contribution in [2.24, 2.45) is 7.05 Å². The Morgan fingerprint density at radius 1 is 1.32 bits per heavy atom. The molecule has 1 aromatic heterocycles. The van der Waals surface area contributed by atoms with Crippen LogP contribution in [0.25, 0.3) is 0 Å². The van der Waals surface area contributed by atoms with E-state index in [2.05, 4.69) is 24.3 Å². The molecule has 2 aromatic rings. The Bertz CT molecular complexity index is 794. The first-order valence-corrected chi connectivity index (χ1v) is 8.67. The van der Waals surface area contributed by atoms with Gasteiger partial charge >= 0.3 is 0 Å². The molecule has 1 saturated heterocycles. The molecule has 0 radical (unpaired) electrons. The Morgan fingerprint density at radius 2 is 2.12 bits per heavy atom. The fourth-order valence-corrected chi connectivity index (χ4v) is 3.01. The van der Waals surface area contributed by atoms with Crippen LogP contribution < -0.4 is 10.2 Å². The Balaban J connectivity index is 1.67. The van der Waals surface area contributed by atoms with Gasteiger partial charge in [0.15, 0.2) is 0 Å². The molecule has 132 valence electrons. The fraction of sp³-hybridized carbons (Fsp3) is 0.421. The van der Waals surface area contributed by atoms with Crippen molar-refractivity contribution in [1.29, 1.82) is 0 Å². The van der Waals surface area contributed by atoms with Crippen molar-refractivity contribution >= 4 is 17.5 Å². The number of hydrogen-bond acceptors (Lipinski definition) is 3. The van der Waals surface area contributed by atoms with Crippen LogP contribution in [-0.4, -0.2) is 28.1 Å². The largest absolute Gasteiger partial charge is 0.347 e. The van der Waals surface area contributed by atoms with Crippen molar-refractivity contribution in [3.8, 4) is 0 Å². The van der Waals surface area contributed by atoms with Crippen molar-refractivity contribution in [3.05, 3.63) is 47.3 Å². The number of benzene rings is 1. The number of anilines is 1. The number of rotatable bonds is 5. The molecule has 6 heteroatoms. The van der Waals surface area contributed by atoms with E-state index in [0.29, 0.717) is 18.7 Å². The minimum Gasteiger partial charge on any atom is -0.347 e. The predicted octanol–water partition coefficient (Wildman–Crippen LogP) is 2.60. The van der Waals surface area contributed by atoms with Gasteiger partial charge in [0.1, 0.15) is 5.69 Å². The third kappa shape index (κ3) is 3.73. The van der Waals surface area contributed by atoms with Crippen molar-refractivity contribution in [1.82, 2.24) is 15.1 Å². The molecule has 2 amide bonds. The Hall–Kier alpha value is -2.63. The molecule has 25 heavy (non-hydrogen) atoms. The van der Waals surface area contributed by atoms with Gasteiger partial charge in [-0.05, 0) is 36.1 Å². The van der Waals surface area contributed by atoms with E-state index < -0.39 is 0 Å². The van der Waals surface area contributed by atoms with Crippen molar-refractivity contribution < 1.29 is 9.59 Å². The molecule has 1 fully saturated rings. The second kappa shape index (κ2) is 7.09. The average molecular weight is 340 g/mol. The van der Waals surface area contributed by atoms with Crippen molar-refractivity contribution in [2.45, 2.75) is 39.2 Å². The number of carbonyl (C=O) groups excluding carboxylic acids is 2. The van der Waals surface area contributed by atoms with E-state index >= 15 is 0 Å². The van der Waals surface area contributed by atoms with Gasteiger partial charge in [0.25, 0.3) is 5.91 Å². The molecule has 2 heterocycles. The average Bonchev–Trinajstić information content (AvgIpc) is 3.19.